The van der Waals surface area contributed by atoms with Crippen molar-refractivity contribution >= 4 is 11.9 Å². The number of carboxylic acids is 1. The van der Waals surface area contributed by atoms with Crippen LogP contribution >= 0.6 is 0 Å². The van der Waals surface area contributed by atoms with Gasteiger partial charge in [0.25, 0.3) is 5.91 Å². The zero-order chi connectivity index (χ0) is 20.4. The lowest BCUT2D eigenvalue weighted by molar-refractivity contribution is 0.0682. The molecule has 1 atom stereocenters. The second-order valence-electron chi connectivity index (χ2n) is 6.94. The molecule has 7 nitrogen and oxygen atoms in total. The lowest BCUT2D eigenvalue weighted by atomic mass is 9.97. The monoisotopic (exact) mass is 395 g/mol. The summed E-state index contributed by atoms with van der Waals surface area (Å²) in [4.78, 5) is 29.9. The molecule has 29 heavy (non-hydrogen) atoms. The fourth-order valence-corrected chi connectivity index (χ4v) is 3.45. The lowest BCUT2D eigenvalue weighted by Crippen LogP contribution is -2.39. The van der Waals surface area contributed by atoms with Crippen LogP contribution in [0.15, 0.2) is 53.1 Å². The molecule has 8 heteroatoms. The molecule has 148 valence electrons. The number of halogens is 1. The van der Waals surface area contributed by atoms with Crippen LogP contribution in [0.4, 0.5) is 4.39 Å². The molecule has 2 aromatic carbocycles. The zero-order valence-electron chi connectivity index (χ0n) is 15.4. The number of hydrogen-bond acceptors (Lipinski definition) is 5. The minimum Gasteiger partial charge on any atom is -0.478 e. The van der Waals surface area contributed by atoms with E-state index in [4.69, 9.17) is 9.63 Å². The minimum absolute atomic E-state index is 0.110. The maximum Gasteiger partial charge on any atom is 0.335 e. The van der Waals surface area contributed by atoms with Crippen LogP contribution in [0, 0.1) is 5.82 Å². The van der Waals surface area contributed by atoms with E-state index in [9.17, 15) is 14.0 Å². The third-order valence-corrected chi connectivity index (χ3v) is 4.96. The molecule has 1 aliphatic heterocycles. The van der Waals surface area contributed by atoms with E-state index in [0.717, 1.165) is 12.8 Å². The standard InChI is InChI=1S/C21H18FN3O4/c22-17-5-1-3-15(11-17)18-23-19(29-24-18)16-4-2-10-25(12-16)20(26)13-6-8-14(9-7-13)21(27)28/h1,3,5-9,11,16H,2,4,10,12H2,(H,27,28). The van der Waals surface area contributed by atoms with Gasteiger partial charge in [-0.1, -0.05) is 17.3 Å². The summed E-state index contributed by atoms with van der Waals surface area (Å²) in [6.45, 7) is 1.02. The Bertz CT molecular complexity index is 1050. The fraction of sp³-hybridized carbons (Fsp3) is 0.238. The number of carbonyl (C=O) groups excluding carboxylic acids is 1. The Balaban J connectivity index is 1.48. The Morgan fingerprint density at radius 1 is 1.14 bits per heavy atom. The van der Waals surface area contributed by atoms with Crippen molar-refractivity contribution in [1.29, 1.82) is 0 Å². The summed E-state index contributed by atoms with van der Waals surface area (Å²) in [5.41, 5.74) is 1.10. The molecule has 2 heterocycles. The molecule has 1 saturated heterocycles. The summed E-state index contributed by atoms with van der Waals surface area (Å²) in [5.74, 6) is -0.961. The summed E-state index contributed by atoms with van der Waals surface area (Å²) in [5, 5.41) is 12.9. The third-order valence-electron chi connectivity index (χ3n) is 4.96. The van der Waals surface area contributed by atoms with Gasteiger partial charge in [0.1, 0.15) is 5.82 Å². The molecule has 4 rings (SSSR count). The molecule has 1 fully saturated rings. The van der Waals surface area contributed by atoms with Gasteiger partial charge in [-0.3, -0.25) is 4.79 Å². The van der Waals surface area contributed by atoms with Gasteiger partial charge in [-0.05, 0) is 49.2 Å². The van der Waals surface area contributed by atoms with Crippen LogP contribution in [0.25, 0.3) is 11.4 Å². The number of rotatable bonds is 4. The predicted octanol–water partition coefficient (Wildman–Crippen LogP) is 3.59. The van der Waals surface area contributed by atoms with E-state index in [1.165, 1.54) is 36.4 Å². The van der Waals surface area contributed by atoms with Crippen molar-refractivity contribution in [1.82, 2.24) is 15.0 Å². The number of aromatic carboxylic acids is 1. The molecule has 1 N–H and O–H groups in total. The van der Waals surface area contributed by atoms with E-state index in [1.807, 2.05) is 0 Å². The molecule has 0 spiro atoms. The van der Waals surface area contributed by atoms with Crippen LogP contribution in [0.5, 0.6) is 0 Å². The first-order valence-corrected chi connectivity index (χ1v) is 9.23. The normalized spacial score (nSPS) is 16.6. The Labute approximate surface area is 165 Å². The van der Waals surface area contributed by atoms with Crippen LogP contribution in [0.3, 0.4) is 0 Å². The highest BCUT2D eigenvalue weighted by molar-refractivity contribution is 5.96. The highest BCUT2D eigenvalue weighted by atomic mass is 19.1. The number of likely N-dealkylation sites (tertiary alicyclic amines) is 1. The lowest BCUT2D eigenvalue weighted by Gasteiger charge is -2.31. The molecule has 3 aromatic rings. The Morgan fingerprint density at radius 3 is 2.62 bits per heavy atom. The average molecular weight is 395 g/mol. The van der Waals surface area contributed by atoms with Crippen LogP contribution in [0.2, 0.25) is 0 Å². The first-order chi connectivity index (χ1) is 14.0. The van der Waals surface area contributed by atoms with E-state index in [0.29, 0.717) is 35.9 Å². The molecule has 0 radical (unpaired) electrons. The SMILES string of the molecule is O=C(O)c1ccc(C(=O)N2CCCC(c3nc(-c4cccc(F)c4)no3)C2)cc1. The number of carbonyl (C=O) groups is 2. The summed E-state index contributed by atoms with van der Waals surface area (Å²) < 4.78 is 18.8. The largest absolute Gasteiger partial charge is 0.478 e. The molecule has 0 saturated carbocycles. The van der Waals surface area contributed by atoms with Gasteiger partial charge in [0, 0.05) is 24.2 Å². The van der Waals surface area contributed by atoms with E-state index in [1.54, 1.807) is 17.0 Å². The van der Waals surface area contributed by atoms with Gasteiger partial charge < -0.3 is 14.5 Å². The molecule has 0 aliphatic carbocycles. The molecule has 1 aliphatic rings. The molecule has 1 unspecified atom stereocenters. The second kappa shape index (κ2) is 7.83. The van der Waals surface area contributed by atoms with Gasteiger partial charge in [0.2, 0.25) is 11.7 Å². The van der Waals surface area contributed by atoms with E-state index in [-0.39, 0.29) is 23.2 Å². The number of carboxylic acid groups (broad SMARTS) is 1. The van der Waals surface area contributed by atoms with Crippen LogP contribution < -0.4 is 0 Å². The van der Waals surface area contributed by atoms with Crippen molar-refractivity contribution in [3.8, 4) is 11.4 Å². The van der Waals surface area contributed by atoms with Gasteiger partial charge in [0.05, 0.1) is 11.5 Å². The smallest absolute Gasteiger partial charge is 0.335 e. The van der Waals surface area contributed by atoms with Crippen molar-refractivity contribution in [3.05, 3.63) is 71.4 Å². The van der Waals surface area contributed by atoms with Crippen LogP contribution in [0.1, 0.15) is 45.4 Å². The van der Waals surface area contributed by atoms with Gasteiger partial charge in [-0.15, -0.1) is 0 Å². The van der Waals surface area contributed by atoms with Crippen molar-refractivity contribution in [3.63, 3.8) is 0 Å². The Kier molecular flexibility index (Phi) is 5.07. The summed E-state index contributed by atoms with van der Waals surface area (Å²) in [6, 6.07) is 11.8. The number of nitrogens with zero attached hydrogens (tertiary/aromatic N) is 3. The van der Waals surface area contributed by atoms with Gasteiger partial charge in [-0.25, -0.2) is 9.18 Å². The molecule has 1 aromatic heterocycles. The van der Waals surface area contributed by atoms with Crippen LogP contribution in [-0.4, -0.2) is 45.1 Å². The number of aromatic nitrogens is 2. The third kappa shape index (κ3) is 4.01. The highest BCUT2D eigenvalue weighted by Crippen LogP contribution is 2.28. The van der Waals surface area contributed by atoms with E-state index >= 15 is 0 Å². The maximum atomic E-state index is 13.4. The van der Waals surface area contributed by atoms with Gasteiger partial charge >= 0.3 is 5.97 Å². The summed E-state index contributed by atoms with van der Waals surface area (Å²) in [7, 11) is 0. The molecular formula is C21H18FN3O4. The Morgan fingerprint density at radius 2 is 1.90 bits per heavy atom. The van der Waals surface area contributed by atoms with Crippen molar-refractivity contribution in [2.45, 2.75) is 18.8 Å². The second-order valence-corrected chi connectivity index (χ2v) is 6.94. The minimum atomic E-state index is -1.03. The summed E-state index contributed by atoms with van der Waals surface area (Å²) in [6.07, 6.45) is 1.58. The highest BCUT2D eigenvalue weighted by Gasteiger charge is 2.29. The van der Waals surface area contributed by atoms with Crippen molar-refractivity contribution in [2.24, 2.45) is 0 Å². The topological polar surface area (TPSA) is 96.5 Å². The van der Waals surface area contributed by atoms with Crippen LogP contribution in [-0.2, 0) is 0 Å². The van der Waals surface area contributed by atoms with Gasteiger partial charge in [0.15, 0.2) is 0 Å². The number of amides is 1. The number of piperidine rings is 1. The predicted molar refractivity (Wildman–Crippen MR) is 101 cm³/mol. The van der Waals surface area contributed by atoms with E-state index < -0.39 is 5.97 Å². The van der Waals surface area contributed by atoms with E-state index in [2.05, 4.69) is 10.1 Å². The molecular weight excluding hydrogens is 377 g/mol. The summed E-state index contributed by atoms with van der Waals surface area (Å²) >= 11 is 0. The van der Waals surface area contributed by atoms with Gasteiger partial charge in [-0.2, -0.15) is 4.98 Å². The number of benzene rings is 2. The zero-order valence-corrected chi connectivity index (χ0v) is 15.4. The van der Waals surface area contributed by atoms with Crippen molar-refractivity contribution < 1.29 is 23.6 Å². The first kappa shape index (κ1) is 18.8. The molecule has 1 amide bonds. The van der Waals surface area contributed by atoms with Crippen molar-refractivity contribution in [2.75, 3.05) is 13.1 Å². The average Bonchev–Trinajstić information content (AvgIpc) is 3.24. The first-order valence-electron chi connectivity index (χ1n) is 9.23. The Hall–Kier alpha value is -3.55. The quantitative estimate of drug-likeness (QED) is 0.725. The molecule has 0 bridgehead atoms. The number of hydrogen-bond donors (Lipinski definition) is 1. The fourth-order valence-electron chi connectivity index (χ4n) is 3.45. The maximum absolute atomic E-state index is 13.4.